The molecule has 0 fully saturated rings. The Bertz CT molecular complexity index is 551. The van der Waals surface area contributed by atoms with E-state index in [-0.39, 0.29) is 5.91 Å². The van der Waals surface area contributed by atoms with Crippen LogP contribution in [0.25, 0.3) is 0 Å². The van der Waals surface area contributed by atoms with Gasteiger partial charge in [-0.2, -0.15) is 0 Å². The SMILES string of the molecule is Cc1ncc(C(=O)Nc2ccc(OCCN)cc2)s1. The molecule has 0 aliphatic rings. The van der Waals surface area contributed by atoms with Gasteiger partial charge in [0, 0.05) is 12.2 Å². The number of aryl methyl sites for hydroxylation is 1. The summed E-state index contributed by atoms with van der Waals surface area (Å²) in [6.07, 6.45) is 1.58. The van der Waals surface area contributed by atoms with Crippen LogP contribution in [0.1, 0.15) is 14.7 Å². The van der Waals surface area contributed by atoms with Crippen molar-refractivity contribution in [2.45, 2.75) is 6.92 Å². The van der Waals surface area contributed by atoms with Gasteiger partial charge in [-0.15, -0.1) is 11.3 Å². The molecule has 0 saturated carbocycles. The van der Waals surface area contributed by atoms with Gasteiger partial charge in [0.05, 0.1) is 11.2 Å². The summed E-state index contributed by atoms with van der Waals surface area (Å²) < 4.78 is 5.36. The molecule has 0 spiro atoms. The zero-order valence-electron chi connectivity index (χ0n) is 10.6. The van der Waals surface area contributed by atoms with Crippen LogP contribution in [0.5, 0.6) is 5.75 Å². The monoisotopic (exact) mass is 277 g/mol. The predicted octanol–water partition coefficient (Wildman–Crippen LogP) is 2.04. The molecule has 5 nitrogen and oxygen atoms in total. The molecule has 0 saturated heterocycles. The summed E-state index contributed by atoms with van der Waals surface area (Å²) >= 11 is 1.37. The summed E-state index contributed by atoms with van der Waals surface area (Å²) in [6, 6.07) is 7.17. The fraction of sp³-hybridized carbons (Fsp3) is 0.231. The fourth-order valence-corrected chi connectivity index (χ4v) is 2.14. The van der Waals surface area contributed by atoms with Crippen molar-refractivity contribution in [3.63, 3.8) is 0 Å². The Morgan fingerprint density at radius 2 is 2.16 bits per heavy atom. The van der Waals surface area contributed by atoms with E-state index in [9.17, 15) is 4.79 Å². The third-order valence-corrected chi connectivity index (χ3v) is 3.26. The Kier molecular flexibility index (Phi) is 4.48. The normalized spacial score (nSPS) is 10.2. The van der Waals surface area contributed by atoms with E-state index < -0.39 is 0 Å². The van der Waals surface area contributed by atoms with Crippen LogP contribution in [-0.4, -0.2) is 24.0 Å². The van der Waals surface area contributed by atoms with E-state index in [1.165, 1.54) is 11.3 Å². The highest BCUT2D eigenvalue weighted by molar-refractivity contribution is 7.13. The van der Waals surface area contributed by atoms with Crippen molar-refractivity contribution >= 4 is 22.9 Å². The van der Waals surface area contributed by atoms with Gasteiger partial charge >= 0.3 is 0 Å². The van der Waals surface area contributed by atoms with Gasteiger partial charge in [0.25, 0.3) is 5.91 Å². The zero-order valence-corrected chi connectivity index (χ0v) is 11.4. The number of rotatable bonds is 5. The van der Waals surface area contributed by atoms with E-state index in [0.717, 1.165) is 16.4 Å². The highest BCUT2D eigenvalue weighted by atomic mass is 32.1. The van der Waals surface area contributed by atoms with Crippen LogP contribution < -0.4 is 15.8 Å². The van der Waals surface area contributed by atoms with E-state index in [1.54, 1.807) is 30.5 Å². The van der Waals surface area contributed by atoms with Crippen LogP contribution in [0, 0.1) is 6.92 Å². The number of benzene rings is 1. The van der Waals surface area contributed by atoms with Crippen molar-refractivity contribution in [3.8, 4) is 5.75 Å². The number of hydrogen-bond donors (Lipinski definition) is 2. The summed E-state index contributed by atoms with van der Waals surface area (Å²) in [5.41, 5.74) is 6.07. The molecule has 0 bridgehead atoms. The third kappa shape index (κ3) is 3.77. The molecule has 2 aromatic rings. The lowest BCUT2D eigenvalue weighted by Crippen LogP contribution is -2.11. The molecule has 2 rings (SSSR count). The number of carbonyl (C=O) groups excluding carboxylic acids is 1. The lowest BCUT2D eigenvalue weighted by Gasteiger charge is -2.06. The second-order valence-electron chi connectivity index (χ2n) is 3.86. The Morgan fingerprint density at radius 1 is 1.42 bits per heavy atom. The molecule has 100 valence electrons. The van der Waals surface area contributed by atoms with Crippen molar-refractivity contribution < 1.29 is 9.53 Å². The van der Waals surface area contributed by atoms with Gasteiger partial charge in [-0.05, 0) is 31.2 Å². The van der Waals surface area contributed by atoms with Crippen molar-refractivity contribution in [2.75, 3.05) is 18.5 Å². The molecule has 1 aromatic heterocycles. The van der Waals surface area contributed by atoms with Gasteiger partial charge in [-0.1, -0.05) is 0 Å². The second-order valence-corrected chi connectivity index (χ2v) is 5.09. The van der Waals surface area contributed by atoms with Gasteiger partial charge in [0.15, 0.2) is 0 Å². The number of amides is 1. The molecule has 1 aromatic carbocycles. The standard InChI is InChI=1S/C13H15N3O2S/c1-9-15-8-12(19-9)13(17)16-10-2-4-11(5-3-10)18-7-6-14/h2-5,8H,6-7,14H2,1H3,(H,16,17). The summed E-state index contributed by atoms with van der Waals surface area (Å²) in [6.45, 7) is 2.82. The molecular weight excluding hydrogens is 262 g/mol. The fourth-order valence-electron chi connectivity index (χ4n) is 1.47. The van der Waals surface area contributed by atoms with Gasteiger partial charge in [0.1, 0.15) is 17.2 Å². The summed E-state index contributed by atoms with van der Waals surface area (Å²) in [5.74, 6) is 0.582. The molecule has 19 heavy (non-hydrogen) atoms. The molecule has 0 radical (unpaired) electrons. The summed E-state index contributed by atoms with van der Waals surface area (Å²) in [5, 5.41) is 3.68. The first-order valence-electron chi connectivity index (χ1n) is 5.86. The molecule has 0 aliphatic heterocycles. The quantitative estimate of drug-likeness (QED) is 0.876. The van der Waals surface area contributed by atoms with E-state index in [2.05, 4.69) is 10.3 Å². The van der Waals surface area contributed by atoms with Gasteiger partial charge in [0.2, 0.25) is 0 Å². The molecule has 6 heteroatoms. The third-order valence-electron chi connectivity index (χ3n) is 2.34. The molecular formula is C13H15N3O2S. The number of carbonyl (C=O) groups is 1. The minimum absolute atomic E-state index is 0.152. The van der Waals surface area contributed by atoms with Crippen LogP contribution in [0.3, 0.4) is 0 Å². The number of anilines is 1. The zero-order chi connectivity index (χ0) is 13.7. The molecule has 1 amide bonds. The highest BCUT2D eigenvalue weighted by Gasteiger charge is 2.09. The van der Waals surface area contributed by atoms with Crippen LogP contribution in [0.15, 0.2) is 30.5 Å². The largest absolute Gasteiger partial charge is 0.492 e. The predicted molar refractivity (Wildman–Crippen MR) is 75.8 cm³/mol. The number of hydrogen-bond acceptors (Lipinski definition) is 5. The maximum Gasteiger partial charge on any atom is 0.267 e. The smallest absolute Gasteiger partial charge is 0.267 e. The van der Waals surface area contributed by atoms with Crippen LogP contribution >= 0.6 is 11.3 Å². The van der Waals surface area contributed by atoms with Crippen LogP contribution in [0.4, 0.5) is 5.69 Å². The van der Waals surface area contributed by atoms with Crippen molar-refractivity contribution in [1.29, 1.82) is 0 Å². The topological polar surface area (TPSA) is 77.2 Å². The molecule has 1 heterocycles. The maximum atomic E-state index is 11.9. The summed E-state index contributed by atoms with van der Waals surface area (Å²) in [4.78, 5) is 16.5. The number of aromatic nitrogens is 1. The Hall–Kier alpha value is -1.92. The minimum Gasteiger partial charge on any atom is -0.492 e. The van der Waals surface area contributed by atoms with Gasteiger partial charge in [-0.25, -0.2) is 4.98 Å². The van der Waals surface area contributed by atoms with E-state index in [4.69, 9.17) is 10.5 Å². The highest BCUT2D eigenvalue weighted by Crippen LogP contribution is 2.18. The Balaban J connectivity index is 1.97. The number of ether oxygens (including phenoxy) is 1. The molecule has 0 unspecified atom stereocenters. The lowest BCUT2D eigenvalue weighted by atomic mass is 10.3. The lowest BCUT2D eigenvalue weighted by molar-refractivity contribution is 0.103. The van der Waals surface area contributed by atoms with Crippen LogP contribution in [0.2, 0.25) is 0 Å². The number of nitrogens with zero attached hydrogens (tertiary/aromatic N) is 1. The number of nitrogens with one attached hydrogen (secondary N) is 1. The molecule has 3 N–H and O–H groups in total. The van der Waals surface area contributed by atoms with Crippen molar-refractivity contribution in [2.24, 2.45) is 5.73 Å². The maximum absolute atomic E-state index is 11.9. The molecule has 0 aliphatic carbocycles. The first-order chi connectivity index (χ1) is 9.19. The minimum atomic E-state index is -0.152. The van der Waals surface area contributed by atoms with Gasteiger partial charge in [-0.3, -0.25) is 4.79 Å². The van der Waals surface area contributed by atoms with Crippen LogP contribution in [-0.2, 0) is 0 Å². The van der Waals surface area contributed by atoms with Gasteiger partial charge < -0.3 is 15.8 Å². The van der Waals surface area contributed by atoms with Crippen molar-refractivity contribution in [1.82, 2.24) is 4.98 Å². The average Bonchev–Trinajstić information content (AvgIpc) is 2.85. The first kappa shape index (κ1) is 13.5. The van der Waals surface area contributed by atoms with E-state index >= 15 is 0 Å². The Labute approximate surface area is 115 Å². The first-order valence-corrected chi connectivity index (χ1v) is 6.67. The molecule has 0 atom stereocenters. The van der Waals surface area contributed by atoms with E-state index in [0.29, 0.717) is 18.0 Å². The second kappa shape index (κ2) is 6.31. The number of nitrogens with two attached hydrogens (primary N) is 1. The van der Waals surface area contributed by atoms with E-state index in [1.807, 2.05) is 6.92 Å². The summed E-state index contributed by atoms with van der Waals surface area (Å²) in [7, 11) is 0. The number of thiazole rings is 1. The Morgan fingerprint density at radius 3 is 2.74 bits per heavy atom. The average molecular weight is 277 g/mol. The van der Waals surface area contributed by atoms with Crippen molar-refractivity contribution in [3.05, 3.63) is 40.3 Å².